The molecule has 0 saturated heterocycles. The second-order valence-corrected chi connectivity index (χ2v) is 6.65. The fourth-order valence-electron chi connectivity index (χ4n) is 1.95. The number of benzene rings is 1. The minimum Gasteiger partial charge on any atom is -0.478 e. The van der Waals surface area contributed by atoms with E-state index in [4.69, 9.17) is 11.5 Å². The molecule has 106 valence electrons. The number of aromatic carboxylic acids is 1. The van der Waals surface area contributed by atoms with Gasteiger partial charge in [0.05, 0.1) is 17.0 Å². The van der Waals surface area contributed by atoms with Crippen molar-refractivity contribution in [2.75, 3.05) is 13.1 Å². The zero-order chi connectivity index (χ0) is 14.8. The molecule has 0 aliphatic heterocycles. The molecule has 1 saturated carbocycles. The van der Waals surface area contributed by atoms with Crippen LogP contribution in [0.15, 0.2) is 29.2 Å². The predicted octanol–water partition coefficient (Wildman–Crippen LogP) is 1.42. The van der Waals surface area contributed by atoms with Crippen molar-refractivity contribution in [2.24, 2.45) is 5.92 Å². The van der Waals surface area contributed by atoms with Crippen molar-refractivity contribution in [2.45, 2.75) is 17.7 Å². The first kappa shape index (κ1) is 14.6. The van der Waals surface area contributed by atoms with Crippen molar-refractivity contribution in [3.05, 3.63) is 29.8 Å². The molecule has 0 bridgehead atoms. The summed E-state index contributed by atoms with van der Waals surface area (Å²) in [6, 6.07) is 5.58. The molecule has 0 amide bonds. The number of hydrogen-bond donors (Lipinski definition) is 1. The van der Waals surface area contributed by atoms with E-state index in [1.54, 1.807) is 0 Å². The average Bonchev–Trinajstić information content (AvgIpc) is 3.22. The first-order chi connectivity index (χ1) is 9.46. The molecule has 0 atom stereocenters. The second kappa shape index (κ2) is 5.65. The lowest BCUT2D eigenvalue weighted by Gasteiger charge is -2.20. The van der Waals surface area contributed by atoms with Gasteiger partial charge in [-0.25, -0.2) is 13.2 Å². The van der Waals surface area contributed by atoms with Gasteiger partial charge in [0.15, 0.2) is 0 Å². The molecule has 1 aliphatic carbocycles. The summed E-state index contributed by atoms with van der Waals surface area (Å²) in [6.45, 7) is 0.299. The summed E-state index contributed by atoms with van der Waals surface area (Å²) in [5, 5.41) is 9.11. The molecule has 6 heteroatoms. The van der Waals surface area contributed by atoms with Crippen LogP contribution in [0.1, 0.15) is 23.2 Å². The maximum absolute atomic E-state index is 12.6. The molecule has 0 spiro atoms. The van der Waals surface area contributed by atoms with Crippen molar-refractivity contribution >= 4 is 16.0 Å². The van der Waals surface area contributed by atoms with Gasteiger partial charge in [-0.3, -0.25) is 0 Å². The Morgan fingerprint density at radius 1 is 1.40 bits per heavy atom. The van der Waals surface area contributed by atoms with E-state index in [-0.39, 0.29) is 17.0 Å². The quantitative estimate of drug-likeness (QED) is 0.805. The number of rotatable bonds is 6. The van der Waals surface area contributed by atoms with Gasteiger partial charge in [-0.05, 0) is 30.9 Å². The second-order valence-electron chi connectivity index (χ2n) is 4.75. The molecule has 0 radical (unpaired) electrons. The zero-order valence-electron chi connectivity index (χ0n) is 10.8. The Labute approximate surface area is 118 Å². The summed E-state index contributed by atoms with van der Waals surface area (Å²) in [4.78, 5) is 11.0. The van der Waals surface area contributed by atoms with E-state index in [1.165, 1.54) is 28.6 Å². The van der Waals surface area contributed by atoms with Crippen LogP contribution in [0.25, 0.3) is 0 Å². The summed E-state index contributed by atoms with van der Waals surface area (Å²) >= 11 is 0. The average molecular weight is 293 g/mol. The summed E-state index contributed by atoms with van der Waals surface area (Å²) in [6.07, 6.45) is 7.19. The van der Waals surface area contributed by atoms with E-state index >= 15 is 0 Å². The van der Waals surface area contributed by atoms with Crippen LogP contribution in [-0.4, -0.2) is 36.9 Å². The highest BCUT2D eigenvalue weighted by Gasteiger charge is 2.33. The molecule has 2 rings (SSSR count). The van der Waals surface area contributed by atoms with Gasteiger partial charge in [0.1, 0.15) is 0 Å². The molecular formula is C14H15NO4S. The number of hydrogen-bond acceptors (Lipinski definition) is 3. The first-order valence-electron chi connectivity index (χ1n) is 6.22. The smallest absolute Gasteiger partial charge is 0.337 e. The highest BCUT2D eigenvalue weighted by molar-refractivity contribution is 7.89. The molecule has 0 unspecified atom stereocenters. The normalized spacial score (nSPS) is 15.0. The third kappa shape index (κ3) is 3.00. The topological polar surface area (TPSA) is 74.7 Å². The molecule has 1 aromatic rings. The Morgan fingerprint density at radius 3 is 2.60 bits per heavy atom. The van der Waals surface area contributed by atoms with Gasteiger partial charge in [0, 0.05) is 6.54 Å². The van der Waals surface area contributed by atoms with E-state index in [0.717, 1.165) is 12.8 Å². The molecule has 0 aromatic heterocycles. The van der Waals surface area contributed by atoms with E-state index in [2.05, 4.69) is 5.92 Å². The molecule has 5 nitrogen and oxygen atoms in total. The lowest BCUT2D eigenvalue weighted by Crippen LogP contribution is -2.34. The van der Waals surface area contributed by atoms with Gasteiger partial charge in [-0.15, -0.1) is 6.42 Å². The molecule has 1 N–H and O–H groups in total. The van der Waals surface area contributed by atoms with E-state index in [9.17, 15) is 13.2 Å². The minimum atomic E-state index is -3.88. The van der Waals surface area contributed by atoms with Gasteiger partial charge >= 0.3 is 5.97 Å². The number of terminal acetylenes is 1. The molecule has 1 fully saturated rings. The van der Waals surface area contributed by atoms with Crippen LogP contribution >= 0.6 is 0 Å². The van der Waals surface area contributed by atoms with Crippen LogP contribution < -0.4 is 0 Å². The largest absolute Gasteiger partial charge is 0.478 e. The minimum absolute atomic E-state index is 0.0488. The third-order valence-corrected chi connectivity index (χ3v) is 5.03. The first-order valence-corrected chi connectivity index (χ1v) is 7.66. The van der Waals surface area contributed by atoms with Gasteiger partial charge in [-0.1, -0.05) is 18.1 Å². The number of sulfonamides is 1. The zero-order valence-corrected chi connectivity index (χ0v) is 11.6. The van der Waals surface area contributed by atoms with Gasteiger partial charge in [-0.2, -0.15) is 4.31 Å². The van der Waals surface area contributed by atoms with E-state index < -0.39 is 16.0 Å². The SMILES string of the molecule is C#CCN(CC1CC1)S(=O)(=O)c1ccccc1C(=O)O. The lowest BCUT2D eigenvalue weighted by molar-refractivity contribution is 0.0692. The Balaban J connectivity index is 2.41. The van der Waals surface area contributed by atoms with Crippen molar-refractivity contribution in [1.29, 1.82) is 0 Å². The van der Waals surface area contributed by atoms with Gasteiger partial charge in [0.2, 0.25) is 10.0 Å². The fourth-order valence-corrected chi connectivity index (χ4v) is 3.56. The van der Waals surface area contributed by atoms with Crippen molar-refractivity contribution in [3.63, 3.8) is 0 Å². The number of nitrogens with zero attached hydrogens (tertiary/aromatic N) is 1. The third-order valence-electron chi connectivity index (χ3n) is 3.16. The summed E-state index contributed by atoms with van der Waals surface area (Å²) in [5.41, 5.74) is -0.231. The summed E-state index contributed by atoms with van der Waals surface area (Å²) < 4.78 is 26.3. The summed E-state index contributed by atoms with van der Waals surface area (Å²) in [5.74, 6) is 1.39. The van der Waals surface area contributed by atoms with E-state index in [0.29, 0.717) is 12.5 Å². The highest BCUT2D eigenvalue weighted by atomic mass is 32.2. The number of carboxylic acids is 1. The number of carboxylic acid groups (broad SMARTS) is 1. The Kier molecular flexibility index (Phi) is 4.12. The van der Waals surface area contributed by atoms with Crippen LogP contribution in [0.3, 0.4) is 0 Å². The maximum Gasteiger partial charge on any atom is 0.337 e. The van der Waals surface area contributed by atoms with Crippen LogP contribution in [0, 0.1) is 18.3 Å². The van der Waals surface area contributed by atoms with Crippen LogP contribution in [0.4, 0.5) is 0 Å². The van der Waals surface area contributed by atoms with Crippen molar-refractivity contribution in [3.8, 4) is 12.3 Å². The van der Waals surface area contributed by atoms with Crippen LogP contribution in [0.2, 0.25) is 0 Å². The predicted molar refractivity (Wildman–Crippen MR) is 73.7 cm³/mol. The van der Waals surface area contributed by atoms with Crippen molar-refractivity contribution in [1.82, 2.24) is 4.31 Å². The van der Waals surface area contributed by atoms with Crippen LogP contribution in [-0.2, 0) is 10.0 Å². The Bertz CT molecular complexity index is 656. The Hall–Kier alpha value is -1.84. The fraction of sp³-hybridized carbons (Fsp3) is 0.357. The highest BCUT2D eigenvalue weighted by Crippen LogP contribution is 2.32. The van der Waals surface area contributed by atoms with Gasteiger partial charge < -0.3 is 5.11 Å². The lowest BCUT2D eigenvalue weighted by atomic mass is 10.2. The van der Waals surface area contributed by atoms with Gasteiger partial charge in [0.25, 0.3) is 0 Å². The van der Waals surface area contributed by atoms with Crippen molar-refractivity contribution < 1.29 is 18.3 Å². The molecule has 1 aromatic carbocycles. The summed E-state index contributed by atoms with van der Waals surface area (Å²) in [7, 11) is -3.88. The molecule has 20 heavy (non-hydrogen) atoms. The van der Waals surface area contributed by atoms with E-state index in [1.807, 2.05) is 0 Å². The Morgan fingerprint density at radius 2 is 2.05 bits per heavy atom. The standard InChI is InChI=1S/C14H15NO4S/c1-2-9-15(10-11-7-8-11)20(18,19)13-6-4-3-5-12(13)14(16)17/h1,3-6,11H,7-10H2,(H,16,17). The molecular weight excluding hydrogens is 278 g/mol. The monoisotopic (exact) mass is 293 g/mol. The van der Waals surface area contributed by atoms with Crippen LogP contribution in [0.5, 0.6) is 0 Å². The maximum atomic E-state index is 12.6. The number of carbonyl (C=O) groups is 1. The molecule has 1 aliphatic rings. The molecule has 0 heterocycles.